The SMILES string of the molecule is Cn1nccc1CN1CCCCC1C1CCCN1. The van der Waals surface area contributed by atoms with Gasteiger partial charge in [-0.25, -0.2) is 0 Å². The van der Waals surface area contributed by atoms with Gasteiger partial charge in [0.15, 0.2) is 0 Å². The molecule has 0 spiro atoms. The fourth-order valence-electron chi connectivity index (χ4n) is 3.47. The summed E-state index contributed by atoms with van der Waals surface area (Å²) in [4.78, 5) is 2.67. The maximum absolute atomic E-state index is 4.28. The molecule has 2 aliphatic rings. The van der Waals surface area contributed by atoms with Crippen molar-refractivity contribution in [2.75, 3.05) is 13.1 Å². The van der Waals surface area contributed by atoms with Crippen molar-refractivity contribution in [3.8, 4) is 0 Å². The molecule has 2 unspecified atom stereocenters. The molecule has 1 aromatic rings. The monoisotopic (exact) mass is 248 g/mol. The maximum Gasteiger partial charge on any atom is 0.0521 e. The predicted octanol–water partition coefficient (Wildman–Crippen LogP) is 1.53. The van der Waals surface area contributed by atoms with Gasteiger partial charge in [0.1, 0.15) is 0 Å². The van der Waals surface area contributed by atoms with E-state index in [0.717, 1.165) is 18.6 Å². The highest BCUT2D eigenvalue weighted by Gasteiger charge is 2.31. The maximum atomic E-state index is 4.28. The lowest BCUT2D eigenvalue weighted by molar-refractivity contribution is 0.109. The van der Waals surface area contributed by atoms with Crippen LogP contribution in [-0.2, 0) is 13.6 Å². The molecular formula is C14H24N4. The lowest BCUT2D eigenvalue weighted by atomic mass is 9.94. The summed E-state index contributed by atoms with van der Waals surface area (Å²) >= 11 is 0. The minimum Gasteiger partial charge on any atom is -0.312 e. The van der Waals surface area contributed by atoms with Crippen LogP contribution in [0.1, 0.15) is 37.8 Å². The van der Waals surface area contributed by atoms with Gasteiger partial charge in [0, 0.05) is 31.9 Å². The number of rotatable bonds is 3. The van der Waals surface area contributed by atoms with E-state index in [1.165, 1.54) is 50.9 Å². The van der Waals surface area contributed by atoms with Gasteiger partial charge in [0.25, 0.3) is 0 Å². The molecule has 0 bridgehead atoms. The van der Waals surface area contributed by atoms with Crippen LogP contribution in [0, 0.1) is 0 Å². The van der Waals surface area contributed by atoms with Gasteiger partial charge in [0.05, 0.1) is 5.69 Å². The van der Waals surface area contributed by atoms with Crippen molar-refractivity contribution in [1.82, 2.24) is 20.0 Å². The van der Waals surface area contributed by atoms with Gasteiger partial charge in [-0.3, -0.25) is 9.58 Å². The zero-order valence-corrected chi connectivity index (χ0v) is 11.3. The van der Waals surface area contributed by atoms with Crippen LogP contribution in [0.15, 0.2) is 12.3 Å². The molecular weight excluding hydrogens is 224 g/mol. The van der Waals surface area contributed by atoms with Crippen molar-refractivity contribution in [3.05, 3.63) is 18.0 Å². The van der Waals surface area contributed by atoms with Crippen molar-refractivity contribution in [3.63, 3.8) is 0 Å². The molecule has 0 amide bonds. The Hall–Kier alpha value is -0.870. The molecule has 2 aliphatic heterocycles. The molecule has 0 radical (unpaired) electrons. The van der Waals surface area contributed by atoms with Crippen molar-refractivity contribution in [1.29, 1.82) is 0 Å². The zero-order valence-electron chi connectivity index (χ0n) is 11.3. The predicted molar refractivity (Wildman–Crippen MR) is 72.3 cm³/mol. The summed E-state index contributed by atoms with van der Waals surface area (Å²) in [5.74, 6) is 0. The molecule has 4 heteroatoms. The van der Waals surface area contributed by atoms with Crippen LogP contribution in [0.2, 0.25) is 0 Å². The summed E-state index contributed by atoms with van der Waals surface area (Å²) in [5.41, 5.74) is 1.33. The van der Waals surface area contributed by atoms with E-state index in [2.05, 4.69) is 21.4 Å². The third-order valence-corrected chi connectivity index (χ3v) is 4.51. The fraction of sp³-hybridized carbons (Fsp3) is 0.786. The van der Waals surface area contributed by atoms with Crippen LogP contribution in [0.5, 0.6) is 0 Å². The molecule has 1 aromatic heterocycles. The molecule has 0 saturated carbocycles. The molecule has 100 valence electrons. The molecule has 2 atom stereocenters. The highest BCUT2D eigenvalue weighted by molar-refractivity contribution is 5.02. The van der Waals surface area contributed by atoms with Gasteiger partial charge >= 0.3 is 0 Å². The Morgan fingerprint density at radius 1 is 1.33 bits per heavy atom. The summed E-state index contributed by atoms with van der Waals surface area (Å²) in [6.07, 6.45) is 8.71. The molecule has 3 rings (SSSR count). The Bertz CT molecular complexity index is 381. The summed E-state index contributed by atoms with van der Waals surface area (Å²) in [6.45, 7) is 3.51. The number of aromatic nitrogens is 2. The Labute approximate surface area is 109 Å². The fourth-order valence-corrected chi connectivity index (χ4v) is 3.47. The van der Waals surface area contributed by atoms with E-state index in [1.807, 2.05) is 17.9 Å². The molecule has 3 heterocycles. The second-order valence-corrected chi connectivity index (χ2v) is 5.68. The van der Waals surface area contributed by atoms with Gasteiger partial charge in [-0.1, -0.05) is 6.42 Å². The molecule has 0 aromatic carbocycles. The number of likely N-dealkylation sites (tertiary alicyclic amines) is 1. The second kappa shape index (κ2) is 5.41. The van der Waals surface area contributed by atoms with E-state index < -0.39 is 0 Å². The van der Waals surface area contributed by atoms with Crippen molar-refractivity contribution in [2.45, 2.75) is 50.7 Å². The number of hydrogen-bond donors (Lipinski definition) is 1. The van der Waals surface area contributed by atoms with Gasteiger partial charge in [0.2, 0.25) is 0 Å². The lowest BCUT2D eigenvalue weighted by Crippen LogP contribution is -2.49. The number of nitrogens with one attached hydrogen (secondary N) is 1. The molecule has 2 fully saturated rings. The van der Waals surface area contributed by atoms with Gasteiger partial charge in [-0.05, 0) is 44.8 Å². The van der Waals surface area contributed by atoms with Gasteiger partial charge in [-0.2, -0.15) is 5.10 Å². The Kier molecular flexibility index (Phi) is 3.66. The standard InChI is InChI=1S/C14H24N4/c1-17-12(7-9-16-17)11-18-10-3-2-6-14(18)13-5-4-8-15-13/h7,9,13-15H,2-6,8,10-11H2,1H3. The molecule has 0 aliphatic carbocycles. The average Bonchev–Trinajstić information content (AvgIpc) is 3.03. The molecule has 2 saturated heterocycles. The minimum absolute atomic E-state index is 0.721. The van der Waals surface area contributed by atoms with Crippen LogP contribution in [0.25, 0.3) is 0 Å². The Balaban J connectivity index is 1.69. The van der Waals surface area contributed by atoms with Crippen molar-refractivity contribution < 1.29 is 0 Å². The minimum atomic E-state index is 0.721. The summed E-state index contributed by atoms with van der Waals surface area (Å²) in [7, 11) is 2.04. The number of aryl methyl sites for hydroxylation is 1. The normalized spacial score (nSPS) is 29.8. The lowest BCUT2D eigenvalue weighted by Gasteiger charge is -2.39. The van der Waals surface area contributed by atoms with Crippen LogP contribution in [0.4, 0.5) is 0 Å². The van der Waals surface area contributed by atoms with Crippen molar-refractivity contribution >= 4 is 0 Å². The van der Waals surface area contributed by atoms with E-state index in [0.29, 0.717) is 0 Å². The zero-order chi connectivity index (χ0) is 12.4. The van der Waals surface area contributed by atoms with Crippen LogP contribution >= 0.6 is 0 Å². The van der Waals surface area contributed by atoms with Crippen molar-refractivity contribution in [2.24, 2.45) is 7.05 Å². The van der Waals surface area contributed by atoms with E-state index in [4.69, 9.17) is 0 Å². The molecule has 18 heavy (non-hydrogen) atoms. The van der Waals surface area contributed by atoms with E-state index in [1.54, 1.807) is 0 Å². The summed E-state index contributed by atoms with van der Waals surface area (Å²) in [6, 6.07) is 3.60. The number of hydrogen-bond acceptors (Lipinski definition) is 3. The topological polar surface area (TPSA) is 33.1 Å². The first-order valence-corrected chi connectivity index (χ1v) is 7.29. The highest BCUT2D eigenvalue weighted by Crippen LogP contribution is 2.25. The number of nitrogens with zero attached hydrogens (tertiary/aromatic N) is 3. The Morgan fingerprint density at radius 2 is 2.28 bits per heavy atom. The first kappa shape index (κ1) is 12.2. The second-order valence-electron chi connectivity index (χ2n) is 5.68. The molecule has 4 nitrogen and oxygen atoms in total. The van der Waals surface area contributed by atoms with E-state index >= 15 is 0 Å². The summed E-state index contributed by atoms with van der Waals surface area (Å²) in [5, 5.41) is 7.97. The first-order chi connectivity index (χ1) is 8.84. The van der Waals surface area contributed by atoms with Crippen LogP contribution in [-0.4, -0.2) is 39.9 Å². The van der Waals surface area contributed by atoms with Gasteiger partial charge < -0.3 is 5.32 Å². The summed E-state index contributed by atoms with van der Waals surface area (Å²) < 4.78 is 2.01. The highest BCUT2D eigenvalue weighted by atomic mass is 15.3. The number of piperidine rings is 1. The van der Waals surface area contributed by atoms with Crippen LogP contribution in [0.3, 0.4) is 0 Å². The van der Waals surface area contributed by atoms with Crippen LogP contribution < -0.4 is 5.32 Å². The first-order valence-electron chi connectivity index (χ1n) is 7.29. The third-order valence-electron chi connectivity index (χ3n) is 4.51. The quantitative estimate of drug-likeness (QED) is 0.880. The average molecular weight is 248 g/mol. The van der Waals surface area contributed by atoms with Gasteiger partial charge in [-0.15, -0.1) is 0 Å². The Morgan fingerprint density at radius 3 is 3.00 bits per heavy atom. The largest absolute Gasteiger partial charge is 0.312 e. The van der Waals surface area contributed by atoms with E-state index in [-0.39, 0.29) is 0 Å². The third kappa shape index (κ3) is 2.45. The van der Waals surface area contributed by atoms with E-state index in [9.17, 15) is 0 Å². The molecule has 1 N–H and O–H groups in total. The smallest absolute Gasteiger partial charge is 0.0521 e.